The zero-order valence-electron chi connectivity index (χ0n) is 19.4. The number of aromatic nitrogens is 2. The van der Waals surface area contributed by atoms with E-state index in [9.17, 15) is 14.9 Å². The molecule has 0 saturated carbocycles. The summed E-state index contributed by atoms with van der Waals surface area (Å²) in [6, 6.07) is 9.48. The van der Waals surface area contributed by atoms with E-state index in [1.165, 1.54) is 11.1 Å². The maximum Gasteiger partial charge on any atom is 0.317 e. The predicted octanol–water partition coefficient (Wildman–Crippen LogP) is 2.36. The van der Waals surface area contributed by atoms with Gasteiger partial charge in [-0.15, -0.1) is 0 Å². The van der Waals surface area contributed by atoms with Crippen molar-refractivity contribution < 1.29 is 9.59 Å². The van der Waals surface area contributed by atoms with Crippen LogP contribution in [0.15, 0.2) is 30.5 Å². The molecule has 10 heteroatoms. The highest BCUT2D eigenvalue weighted by atomic mass is 16.2. The zero-order valence-corrected chi connectivity index (χ0v) is 19.4. The lowest BCUT2D eigenvalue weighted by atomic mass is 9.86. The van der Waals surface area contributed by atoms with Gasteiger partial charge in [-0.25, -0.2) is 14.8 Å². The summed E-state index contributed by atoms with van der Waals surface area (Å²) in [5.74, 6) is 0.161. The standard InChI is InChI=1S/C23H30N8O2/c1-23(2,14-24)15-7-9-16(10-8-15)27-21-19(20(25)32)26-12-18(29-21)31-11-5-6-17(13-31)28-22(33)30(3)4/h7-10,12,17H,5-6,11,13H2,1-4H3,(H2,25,32)(H,27,29)(H,28,33)/t17-/m1/s1. The van der Waals surface area contributed by atoms with Gasteiger partial charge >= 0.3 is 6.03 Å². The lowest BCUT2D eigenvalue weighted by molar-refractivity contribution is 0.0996. The fourth-order valence-electron chi connectivity index (χ4n) is 3.58. The molecule has 2 aromatic rings. The van der Waals surface area contributed by atoms with Gasteiger partial charge in [-0.3, -0.25) is 4.79 Å². The summed E-state index contributed by atoms with van der Waals surface area (Å²) in [5, 5.41) is 15.5. The quantitative estimate of drug-likeness (QED) is 0.613. The minimum atomic E-state index is -0.687. The summed E-state index contributed by atoms with van der Waals surface area (Å²) in [7, 11) is 3.41. The van der Waals surface area contributed by atoms with Crippen LogP contribution in [0.2, 0.25) is 0 Å². The second-order valence-electron chi connectivity index (χ2n) is 8.86. The number of carbonyl (C=O) groups is 2. The fraction of sp³-hybridized carbons (Fsp3) is 0.435. The molecule has 4 N–H and O–H groups in total. The van der Waals surface area contributed by atoms with E-state index in [0.717, 1.165) is 24.9 Å². The Balaban J connectivity index is 1.82. The summed E-state index contributed by atoms with van der Waals surface area (Å²) >= 11 is 0. The zero-order chi connectivity index (χ0) is 24.2. The Kier molecular flexibility index (Phi) is 7.01. The van der Waals surface area contributed by atoms with Crippen molar-refractivity contribution in [2.24, 2.45) is 5.73 Å². The molecule has 0 aliphatic carbocycles. The number of urea groups is 1. The van der Waals surface area contributed by atoms with Crippen molar-refractivity contribution in [1.29, 1.82) is 5.26 Å². The van der Waals surface area contributed by atoms with Crippen molar-refractivity contribution in [3.05, 3.63) is 41.7 Å². The Morgan fingerprint density at radius 1 is 1.27 bits per heavy atom. The smallest absolute Gasteiger partial charge is 0.317 e. The minimum Gasteiger partial charge on any atom is -0.364 e. The Labute approximate surface area is 193 Å². The molecule has 0 radical (unpaired) electrons. The van der Waals surface area contributed by atoms with Crippen LogP contribution >= 0.6 is 0 Å². The highest BCUT2D eigenvalue weighted by Gasteiger charge is 2.25. The Hall–Kier alpha value is -3.87. The summed E-state index contributed by atoms with van der Waals surface area (Å²) in [6.45, 7) is 5.04. The number of primary amides is 1. The van der Waals surface area contributed by atoms with Gasteiger partial charge in [-0.2, -0.15) is 5.26 Å². The molecule has 1 aromatic carbocycles. The van der Waals surface area contributed by atoms with Crippen LogP contribution in [0.4, 0.5) is 22.1 Å². The number of nitrogens with zero attached hydrogens (tertiary/aromatic N) is 5. The van der Waals surface area contributed by atoms with Crippen LogP contribution in [0.1, 0.15) is 42.7 Å². The third kappa shape index (κ3) is 5.68. The van der Waals surface area contributed by atoms with Gasteiger partial charge in [-0.05, 0) is 44.4 Å². The molecule has 1 aromatic heterocycles. The fourth-order valence-corrected chi connectivity index (χ4v) is 3.58. The number of piperidine rings is 1. The summed E-state index contributed by atoms with van der Waals surface area (Å²) < 4.78 is 0. The average molecular weight is 451 g/mol. The van der Waals surface area contributed by atoms with Gasteiger partial charge in [-0.1, -0.05) is 12.1 Å². The number of amides is 3. The molecule has 2 heterocycles. The van der Waals surface area contributed by atoms with E-state index in [0.29, 0.717) is 18.1 Å². The van der Waals surface area contributed by atoms with Gasteiger partial charge < -0.3 is 26.2 Å². The summed E-state index contributed by atoms with van der Waals surface area (Å²) in [6.07, 6.45) is 3.29. The van der Waals surface area contributed by atoms with Gasteiger partial charge in [0, 0.05) is 38.9 Å². The van der Waals surface area contributed by atoms with Crippen LogP contribution in [0.5, 0.6) is 0 Å². The largest absolute Gasteiger partial charge is 0.364 e. The van der Waals surface area contributed by atoms with Crippen LogP contribution < -0.4 is 21.3 Å². The van der Waals surface area contributed by atoms with E-state index in [2.05, 4.69) is 26.7 Å². The molecule has 1 atom stereocenters. The van der Waals surface area contributed by atoms with Crippen molar-refractivity contribution in [3.8, 4) is 6.07 Å². The molecule has 0 bridgehead atoms. The first-order valence-corrected chi connectivity index (χ1v) is 10.8. The van der Waals surface area contributed by atoms with E-state index in [4.69, 9.17) is 5.73 Å². The van der Waals surface area contributed by atoms with Gasteiger partial charge in [0.2, 0.25) is 0 Å². The third-order valence-electron chi connectivity index (χ3n) is 5.62. The molecular weight excluding hydrogens is 420 g/mol. The van der Waals surface area contributed by atoms with Crippen LogP contribution in [-0.2, 0) is 5.41 Å². The number of nitriles is 1. The Morgan fingerprint density at radius 3 is 2.58 bits per heavy atom. The number of hydrogen-bond acceptors (Lipinski definition) is 7. The van der Waals surface area contributed by atoms with Crippen molar-refractivity contribution in [2.45, 2.75) is 38.1 Å². The number of hydrogen-bond donors (Lipinski definition) is 3. The molecule has 174 valence electrons. The molecule has 1 saturated heterocycles. The van der Waals surface area contributed by atoms with Crippen molar-refractivity contribution in [1.82, 2.24) is 20.2 Å². The molecule has 1 fully saturated rings. The maximum atomic E-state index is 12.0. The lowest BCUT2D eigenvalue weighted by Crippen LogP contribution is -2.50. The monoisotopic (exact) mass is 450 g/mol. The van der Waals surface area contributed by atoms with Crippen LogP contribution in [0.3, 0.4) is 0 Å². The molecule has 1 aliphatic heterocycles. The van der Waals surface area contributed by atoms with Crippen LogP contribution in [-0.4, -0.2) is 60.0 Å². The first-order chi connectivity index (χ1) is 15.6. The number of benzene rings is 1. The summed E-state index contributed by atoms with van der Waals surface area (Å²) in [5.41, 5.74) is 6.52. The second-order valence-corrected chi connectivity index (χ2v) is 8.86. The van der Waals surface area contributed by atoms with E-state index in [1.807, 2.05) is 43.0 Å². The first-order valence-electron chi connectivity index (χ1n) is 10.8. The highest BCUT2D eigenvalue weighted by molar-refractivity contribution is 5.96. The molecule has 0 unspecified atom stereocenters. The van der Waals surface area contributed by atoms with Crippen LogP contribution in [0, 0.1) is 11.3 Å². The highest BCUT2D eigenvalue weighted by Crippen LogP contribution is 2.26. The van der Waals surface area contributed by atoms with Crippen molar-refractivity contribution in [2.75, 3.05) is 37.4 Å². The van der Waals surface area contributed by atoms with Gasteiger partial charge in [0.15, 0.2) is 11.5 Å². The lowest BCUT2D eigenvalue weighted by Gasteiger charge is -2.34. The number of anilines is 3. The van der Waals surface area contributed by atoms with Crippen molar-refractivity contribution >= 4 is 29.3 Å². The number of nitrogens with two attached hydrogens (primary N) is 1. The average Bonchev–Trinajstić information content (AvgIpc) is 2.79. The predicted molar refractivity (Wildman–Crippen MR) is 126 cm³/mol. The minimum absolute atomic E-state index is 0.0151. The first kappa shape index (κ1) is 23.8. The Morgan fingerprint density at radius 2 is 1.97 bits per heavy atom. The van der Waals surface area contributed by atoms with Gasteiger partial charge in [0.05, 0.1) is 17.7 Å². The van der Waals surface area contributed by atoms with Gasteiger partial charge in [0.1, 0.15) is 5.82 Å². The Bertz CT molecular complexity index is 1060. The van der Waals surface area contributed by atoms with E-state index < -0.39 is 11.3 Å². The molecule has 1 aliphatic rings. The third-order valence-corrected chi connectivity index (χ3v) is 5.62. The molecule has 0 spiro atoms. The number of carbonyl (C=O) groups excluding carboxylic acids is 2. The van der Waals surface area contributed by atoms with E-state index in [1.54, 1.807) is 14.1 Å². The van der Waals surface area contributed by atoms with E-state index >= 15 is 0 Å². The van der Waals surface area contributed by atoms with Crippen LogP contribution in [0.25, 0.3) is 0 Å². The van der Waals surface area contributed by atoms with Crippen molar-refractivity contribution in [3.63, 3.8) is 0 Å². The molecule has 3 amide bonds. The normalized spacial score (nSPS) is 16.0. The maximum absolute atomic E-state index is 12.0. The number of nitrogens with one attached hydrogen (secondary N) is 2. The summed E-state index contributed by atoms with van der Waals surface area (Å²) in [4.78, 5) is 36.4. The molecule has 33 heavy (non-hydrogen) atoms. The molecular formula is C23H30N8O2. The topological polar surface area (TPSA) is 140 Å². The molecule has 3 rings (SSSR count). The molecule has 10 nitrogen and oxygen atoms in total. The van der Waals surface area contributed by atoms with Gasteiger partial charge in [0.25, 0.3) is 5.91 Å². The SMILES string of the molecule is CN(C)C(=O)N[C@@H]1CCCN(c2cnc(C(N)=O)c(Nc3ccc(C(C)(C)C#N)cc3)n2)C1. The number of rotatable bonds is 6. The van der Waals surface area contributed by atoms with E-state index in [-0.39, 0.29) is 23.6 Å². The second kappa shape index (κ2) is 9.73.